The summed E-state index contributed by atoms with van der Waals surface area (Å²) in [7, 11) is 0. The molecule has 1 aromatic rings. The third-order valence-electron chi connectivity index (χ3n) is 3.87. The zero-order valence-electron chi connectivity index (χ0n) is 12.3. The Morgan fingerprint density at radius 2 is 2.30 bits per heavy atom. The van der Waals surface area contributed by atoms with E-state index in [0.717, 1.165) is 30.6 Å². The summed E-state index contributed by atoms with van der Waals surface area (Å²) in [6, 6.07) is 8.04. The third kappa shape index (κ3) is 3.73. The number of carbonyl (C=O) groups is 1. The highest BCUT2D eigenvalue weighted by molar-refractivity contribution is 5.79. The molecule has 0 heterocycles. The fraction of sp³-hybridized carbons (Fsp3) is 0.562. The van der Waals surface area contributed by atoms with Gasteiger partial charge in [0.2, 0.25) is 5.91 Å². The first kappa shape index (κ1) is 14.9. The monoisotopic (exact) mass is 276 g/mol. The summed E-state index contributed by atoms with van der Waals surface area (Å²) in [5.41, 5.74) is 6.92. The lowest BCUT2D eigenvalue weighted by atomic mass is 10.0. The van der Waals surface area contributed by atoms with E-state index >= 15 is 0 Å². The SMILES string of the molecule is CCOc1cccc(C(C)NC(=O)C2CCC(N)C2)c1. The van der Waals surface area contributed by atoms with Crippen LogP contribution in [0.25, 0.3) is 0 Å². The van der Waals surface area contributed by atoms with E-state index in [9.17, 15) is 4.79 Å². The van der Waals surface area contributed by atoms with Gasteiger partial charge in [0.05, 0.1) is 12.6 Å². The lowest BCUT2D eigenvalue weighted by molar-refractivity contribution is -0.125. The topological polar surface area (TPSA) is 64.3 Å². The molecule has 0 saturated heterocycles. The molecule has 1 fully saturated rings. The normalized spacial score (nSPS) is 23.4. The number of nitrogens with two attached hydrogens (primary N) is 1. The number of hydrogen-bond donors (Lipinski definition) is 2. The molecule has 2 rings (SSSR count). The van der Waals surface area contributed by atoms with Crippen LogP contribution in [0.3, 0.4) is 0 Å². The van der Waals surface area contributed by atoms with Crippen molar-refractivity contribution >= 4 is 5.91 Å². The quantitative estimate of drug-likeness (QED) is 0.868. The minimum absolute atomic E-state index is 0.0141. The van der Waals surface area contributed by atoms with Crippen LogP contribution in [0.15, 0.2) is 24.3 Å². The number of nitrogens with one attached hydrogen (secondary N) is 1. The van der Waals surface area contributed by atoms with Gasteiger partial charge in [-0.05, 0) is 50.8 Å². The van der Waals surface area contributed by atoms with Crippen LogP contribution >= 0.6 is 0 Å². The average molecular weight is 276 g/mol. The van der Waals surface area contributed by atoms with E-state index in [1.165, 1.54) is 0 Å². The first-order valence-electron chi connectivity index (χ1n) is 7.39. The lowest BCUT2D eigenvalue weighted by Crippen LogP contribution is -2.32. The van der Waals surface area contributed by atoms with Gasteiger partial charge in [0.25, 0.3) is 0 Å². The summed E-state index contributed by atoms with van der Waals surface area (Å²) in [5, 5.41) is 3.08. The minimum atomic E-state index is -0.0141. The Bertz CT molecular complexity index is 462. The lowest BCUT2D eigenvalue weighted by Gasteiger charge is -2.18. The van der Waals surface area contributed by atoms with E-state index in [4.69, 9.17) is 10.5 Å². The van der Waals surface area contributed by atoms with E-state index in [0.29, 0.717) is 6.61 Å². The maximum absolute atomic E-state index is 12.2. The Labute approximate surface area is 120 Å². The Kier molecular flexibility index (Phi) is 5.01. The molecule has 3 N–H and O–H groups in total. The molecule has 4 nitrogen and oxygen atoms in total. The molecular formula is C16H24N2O2. The van der Waals surface area contributed by atoms with Gasteiger partial charge in [0, 0.05) is 12.0 Å². The number of carbonyl (C=O) groups excluding carboxylic acids is 1. The zero-order valence-corrected chi connectivity index (χ0v) is 12.3. The van der Waals surface area contributed by atoms with Crippen molar-refractivity contribution < 1.29 is 9.53 Å². The summed E-state index contributed by atoms with van der Waals surface area (Å²) in [6.07, 6.45) is 2.66. The van der Waals surface area contributed by atoms with Crippen LogP contribution in [0.4, 0.5) is 0 Å². The van der Waals surface area contributed by atoms with Crippen molar-refractivity contribution in [2.45, 2.75) is 45.2 Å². The molecule has 3 atom stereocenters. The fourth-order valence-corrected chi connectivity index (χ4v) is 2.71. The second kappa shape index (κ2) is 6.75. The summed E-state index contributed by atoms with van der Waals surface area (Å²) in [4.78, 5) is 12.2. The van der Waals surface area contributed by atoms with Gasteiger partial charge in [-0.2, -0.15) is 0 Å². The van der Waals surface area contributed by atoms with Crippen molar-refractivity contribution in [3.8, 4) is 5.75 Å². The third-order valence-corrected chi connectivity index (χ3v) is 3.87. The molecular weight excluding hydrogens is 252 g/mol. The van der Waals surface area contributed by atoms with Crippen LogP contribution in [0.5, 0.6) is 5.75 Å². The van der Waals surface area contributed by atoms with Crippen molar-refractivity contribution in [3.05, 3.63) is 29.8 Å². The van der Waals surface area contributed by atoms with Gasteiger partial charge in [-0.1, -0.05) is 12.1 Å². The number of hydrogen-bond acceptors (Lipinski definition) is 3. The number of rotatable bonds is 5. The molecule has 4 heteroatoms. The summed E-state index contributed by atoms with van der Waals surface area (Å²) in [6.45, 7) is 4.60. The van der Waals surface area contributed by atoms with Crippen molar-refractivity contribution in [2.75, 3.05) is 6.61 Å². The molecule has 20 heavy (non-hydrogen) atoms. The van der Waals surface area contributed by atoms with Crippen LogP contribution < -0.4 is 15.8 Å². The molecule has 1 saturated carbocycles. The second-order valence-electron chi connectivity index (χ2n) is 5.51. The molecule has 0 aromatic heterocycles. The molecule has 1 amide bonds. The molecule has 0 spiro atoms. The van der Waals surface area contributed by atoms with Gasteiger partial charge in [-0.25, -0.2) is 0 Å². The number of amides is 1. The zero-order chi connectivity index (χ0) is 14.5. The highest BCUT2D eigenvalue weighted by atomic mass is 16.5. The standard InChI is InChI=1S/C16H24N2O2/c1-3-20-15-6-4-5-12(10-15)11(2)18-16(19)13-7-8-14(17)9-13/h4-6,10-11,13-14H,3,7-9,17H2,1-2H3,(H,18,19). The van der Waals surface area contributed by atoms with Gasteiger partial charge >= 0.3 is 0 Å². The average Bonchev–Trinajstić information content (AvgIpc) is 2.86. The van der Waals surface area contributed by atoms with Gasteiger partial charge in [0.15, 0.2) is 0 Å². The van der Waals surface area contributed by atoms with E-state index in [2.05, 4.69) is 5.32 Å². The van der Waals surface area contributed by atoms with Crippen LogP contribution in [-0.2, 0) is 4.79 Å². The Balaban J connectivity index is 1.95. The molecule has 0 aliphatic heterocycles. The molecule has 1 aromatic carbocycles. The van der Waals surface area contributed by atoms with Crippen LogP contribution in [0, 0.1) is 5.92 Å². The van der Waals surface area contributed by atoms with E-state index in [1.807, 2.05) is 38.1 Å². The Hall–Kier alpha value is -1.55. The summed E-state index contributed by atoms with van der Waals surface area (Å²) < 4.78 is 5.49. The second-order valence-corrected chi connectivity index (χ2v) is 5.51. The predicted molar refractivity (Wildman–Crippen MR) is 79.5 cm³/mol. The predicted octanol–water partition coefficient (Wildman–Crippen LogP) is 2.39. The minimum Gasteiger partial charge on any atom is -0.494 e. The molecule has 0 radical (unpaired) electrons. The first-order valence-corrected chi connectivity index (χ1v) is 7.39. The van der Waals surface area contributed by atoms with Crippen LogP contribution in [0.1, 0.15) is 44.7 Å². The maximum Gasteiger partial charge on any atom is 0.223 e. The number of ether oxygens (including phenoxy) is 1. The molecule has 110 valence electrons. The van der Waals surface area contributed by atoms with Gasteiger partial charge in [-0.15, -0.1) is 0 Å². The highest BCUT2D eigenvalue weighted by Gasteiger charge is 2.28. The Morgan fingerprint density at radius 3 is 2.95 bits per heavy atom. The molecule has 3 unspecified atom stereocenters. The fourth-order valence-electron chi connectivity index (χ4n) is 2.71. The largest absolute Gasteiger partial charge is 0.494 e. The van der Waals surface area contributed by atoms with Gasteiger partial charge in [-0.3, -0.25) is 4.79 Å². The van der Waals surface area contributed by atoms with E-state index in [-0.39, 0.29) is 23.9 Å². The van der Waals surface area contributed by atoms with Crippen LogP contribution in [0.2, 0.25) is 0 Å². The highest BCUT2D eigenvalue weighted by Crippen LogP contribution is 2.26. The van der Waals surface area contributed by atoms with Crippen LogP contribution in [-0.4, -0.2) is 18.6 Å². The van der Waals surface area contributed by atoms with E-state index in [1.54, 1.807) is 0 Å². The van der Waals surface area contributed by atoms with Crippen molar-refractivity contribution in [1.82, 2.24) is 5.32 Å². The molecule has 1 aliphatic carbocycles. The number of benzene rings is 1. The van der Waals surface area contributed by atoms with Gasteiger partial charge in [0.1, 0.15) is 5.75 Å². The van der Waals surface area contributed by atoms with Crippen molar-refractivity contribution in [3.63, 3.8) is 0 Å². The van der Waals surface area contributed by atoms with Crippen molar-refractivity contribution in [1.29, 1.82) is 0 Å². The Morgan fingerprint density at radius 1 is 1.50 bits per heavy atom. The summed E-state index contributed by atoms with van der Waals surface area (Å²) in [5.74, 6) is 1.03. The smallest absolute Gasteiger partial charge is 0.223 e. The maximum atomic E-state index is 12.2. The van der Waals surface area contributed by atoms with Crippen molar-refractivity contribution in [2.24, 2.45) is 11.7 Å². The van der Waals surface area contributed by atoms with Gasteiger partial charge < -0.3 is 15.8 Å². The van der Waals surface area contributed by atoms with E-state index < -0.39 is 0 Å². The molecule has 1 aliphatic rings. The summed E-state index contributed by atoms with van der Waals surface area (Å²) >= 11 is 0. The first-order chi connectivity index (χ1) is 9.60. The molecule has 0 bridgehead atoms.